The standard InChI is InChI=1S/C18H18ClFN2O3/c1-25-16(12-6-4-7-14(20)9-12)11-22-18(24)17(23)21-10-13-5-2-3-8-15(13)19/h2-9,16H,10-11H2,1H3,(H,21,23)(H,22,24). The van der Waals surface area contributed by atoms with Gasteiger partial charge in [-0.1, -0.05) is 41.9 Å². The number of rotatable bonds is 6. The summed E-state index contributed by atoms with van der Waals surface area (Å²) in [5, 5.41) is 5.47. The molecule has 7 heteroatoms. The molecule has 0 spiro atoms. The van der Waals surface area contributed by atoms with Gasteiger partial charge in [-0.2, -0.15) is 0 Å². The zero-order chi connectivity index (χ0) is 18.2. The van der Waals surface area contributed by atoms with Crippen molar-refractivity contribution in [1.29, 1.82) is 0 Å². The van der Waals surface area contributed by atoms with Crippen molar-refractivity contribution in [3.8, 4) is 0 Å². The van der Waals surface area contributed by atoms with Gasteiger partial charge in [0.1, 0.15) is 5.82 Å². The number of benzene rings is 2. The minimum absolute atomic E-state index is 0.0400. The lowest BCUT2D eigenvalue weighted by atomic mass is 10.1. The maximum atomic E-state index is 13.3. The van der Waals surface area contributed by atoms with Crippen LogP contribution in [-0.4, -0.2) is 25.5 Å². The molecule has 0 radical (unpaired) electrons. The van der Waals surface area contributed by atoms with Crippen LogP contribution in [0.15, 0.2) is 48.5 Å². The molecule has 1 unspecified atom stereocenters. The third kappa shape index (κ3) is 5.55. The molecule has 0 aliphatic rings. The Morgan fingerprint density at radius 1 is 1.12 bits per heavy atom. The lowest BCUT2D eigenvalue weighted by molar-refractivity contribution is -0.139. The molecule has 2 amide bonds. The molecule has 2 aromatic carbocycles. The van der Waals surface area contributed by atoms with Crippen LogP contribution >= 0.6 is 11.6 Å². The highest BCUT2D eigenvalue weighted by molar-refractivity contribution is 6.35. The minimum atomic E-state index is -0.800. The molecule has 0 bridgehead atoms. The maximum absolute atomic E-state index is 13.3. The van der Waals surface area contributed by atoms with E-state index in [4.69, 9.17) is 16.3 Å². The van der Waals surface area contributed by atoms with E-state index >= 15 is 0 Å². The van der Waals surface area contributed by atoms with Gasteiger partial charge in [-0.05, 0) is 29.3 Å². The molecule has 0 saturated heterocycles. The number of amides is 2. The molecule has 2 N–H and O–H groups in total. The second-order valence-electron chi connectivity index (χ2n) is 5.26. The lowest BCUT2D eigenvalue weighted by Gasteiger charge is -2.16. The predicted molar refractivity (Wildman–Crippen MR) is 92.5 cm³/mol. The summed E-state index contributed by atoms with van der Waals surface area (Å²) in [6, 6.07) is 12.9. The van der Waals surface area contributed by atoms with Crippen LogP contribution in [0.3, 0.4) is 0 Å². The summed E-state index contributed by atoms with van der Waals surface area (Å²) in [4.78, 5) is 23.7. The van der Waals surface area contributed by atoms with Crippen LogP contribution in [0.25, 0.3) is 0 Å². The van der Waals surface area contributed by atoms with Gasteiger partial charge >= 0.3 is 11.8 Å². The van der Waals surface area contributed by atoms with Crippen molar-refractivity contribution >= 4 is 23.4 Å². The molecule has 1 atom stereocenters. The number of nitrogens with one attached hydrogen (secondary N) is 2. The number of carbonyl (C=O) groups excluding carboxylic acids is 2. The fraction of sp³-hybridized carbons (Fsp3) is 0.222. The van der Waals surface area contributed by atoms with E-state index in [9.17, 15) is 14.0 Å². The van der Waals surface area contributed by atoms with E-state index in [2.05, 4.69) is 10.6 Å². The van der Waals surface area contributed by atoms with Crippen molar-refractivity contribution < 1.29 is 18.7 Å². The third-order valence-electron chi connectivity index (χ3n) is 3.56. The highest BCUT2D eigenvalue weighted by Crippen LogP contribution is 2.17. The molecular formula is C18H18ClFN2O3. The summed E-state index contributed by atoms with van der Waals surface area (Å²) in [5.41, 5.74) is 1.28. The van der Waals surface area contributed by atoms with Crippen LogP contribution < -0.4 is 10.6 Å². The van der Waals surface area contributed by atoms with Gasteiger partial charge in [0, 0.05) is 25.2 Å². The summed E-state index contributed by atoms with van der Waals surface area (Å²) < 4.78 is 18.5. The molecule has 0 aromatic heterocycles. The predicted octanol–water partition coefficient (Wildman–Crippen LogP) is 2.60. The van der Waals surface area contributed by atoms with Crippen LogP contribution in [0.5, 0.6) is 0 Å². The SMILES string of the molecule is COC(CNC(=O)C(=O)NCc1ccccc1Cl)c1cccc(F)c1. The van der Waals surface area contributed by atoms with Crippen LogP contribution in [0, 0.1) is 5.82 Å². The smallest absolute Gasteiger partial charge is 0.309 e. The van der Waals surface area contributed by atoms with Crippen molar-refractivity contribution in [3.63, 3.8) is 0 Å². The highest BCUT2D eigenvalue weighted by atomic mass is 35.5. The van der Waals surface area contributed by atoms with E-state index in [0.717, 1.165) is 0 Å². The number of hydrogen-bond acceptors (Lipinski definition) is 3. The average Bonchev–Trinajstić information content (AvgIpc) is 2.61. The molecular weight excluding hydrogens is 347 g/mol. The topological polar surface area (TPSA) is 67.4 Å². The van der Waals surface area contributed by atoms with Crippen molar-refractivity contribution in [2.45, 2.75) is 12.6 Å². The molecule has 0 aliphatic heterocycles. The Hall–Kier alpha value is -2.44. The second-order valence-corrected chi connectivity index (χ2v) is 5.67. The number of ether oxygens (including phenoxy) is 1. The Labute approximate surface area is 150 Å². The van der Waals surface area contributed by atoms with Gasteiger partial charge in [-0.15, -0.1) is 0 Å². The van der Waals surface area contributed by atoms with Gasteiger partial charge in [0.25, 0.3) is 0 Å². The highest BCUT2D eigenvalue weighted by Gasteiger charge is 2.17. The first-order valence-corrected chi connectivity index (χ1v) is 7.96. The first-order chi connectivity index (χ1) is 12.0. The summed E-state index contributed by atoms with van der Waals surface area (Å²) in [6.07, 6.45) is -0.559. The van der Waals surface area contributed by atoms with E-state index in [0.29, 0.717) is 16.1 Å². The molecule has 0 fully saturated rings. The molecule has 25 heavy (non-hydrogen) atoms. The van der Waals surface area contributed by atoms with Crippen molar-refractivity contribution in [2.24, 2.45) is 0 Å². The number of methoxy groups -OCH3 is 1. The monoisotopic (exact) mass is 364 g/mol. The molecule has 0 saturated carbocycles. The molecule has 0 heterocycles. The quantitative estimate of drug-likeness (QED) is 0.774. The van der Waals surface area contributed by atoms with E-state index in [1.807, 2.05) is 0 Å². The van der Waals surface area contributed by atoms with Crippen LogP contribution in [0.1, 0.15) is 17.2 Å². The largest absolute Gasteiger partial charge is 0.375 e. The summed E-state index contributed by atoms with van der Waals surface area (Å²) >= 11 is 5.99. The molecule has 0 aliphatic carbocycles. The summed E-state index contributed by atoms with van der Waals surface area (Å²) in [5.74, 6) is -1.98. The van der Waals surface area contributed by atoms with Gasteiger partial charge in [-0.3, -0.25) is 9.59 Å². The van der Waals surface area contributed by atoms with Gasteiger partial charge in [0.15, 0.2) is 0 Å². The Morgan fingerprint density at radius 2 is 1.84 bits per heavy atom. The van der Waals surface area contributed by atoms with Gasteiger partial charge in [-0.25, -0.2) is 4.39 Å². The fourth-order valence-corrected chi connectivity index (χ4v) is 2.41. The minimum Gasteiger partial charge on any atom is -0.375 e. The molecule has 2 aromatic rings. The lowest BCUT2D eigenvalue weighted by Crippen LogP contribution is -2.41. The van der Waals surface area contributed by atoms with Crippen molar-refractivity contribution in [2.75, 3.05) is 13.7 Å². The zero-order valence-electron chi connectivity index (χ0n) is 13.6. The van der Waals surface area contributed by atoms with Gasteiger partial charge < -0.3 is 15.4 Å². The number of hydrogen-bond donors (Lipinski definition) is 2. The number of carbonyl (C=O) groups is 2. The first kappa shape index (κ1) is 18.9. The van der Waals surface area contributed by atoms with Crippen LogP contribution in [0.4, 0.5) is 4.39 Å². The average molecular weight is 365 g/mol. The Bertz CT molecular complexity index is 755. The van der Waals surface area contributed by atoms with Crippen LogP contribution in [-0.2, 0) is 20.9 Å². The Balaban J connectivity index is 1.86. The Kier molecular flexibility index (Phi) is 6.91. The van der Waals surface area contributed by atoms with E-state index < -0.39 is 23.7 Å². The third-order valence-corrected chi connectivity index (χ3v) is 3.93. The van der Waals surface area contributed by atoms with E-state index in [1.54, 1.807) is 36.4 Å². The van der Waals surface area contributed by atoms with Crippen molar-refractivity contribution in [1.82, 2.24) is 10.6 Å². The molecule has 2 rings (SSSR count). The summed E-state index contributed by atoms with van der Waals surface area (Å²) in [6.45, 7) is 0.182. The van der Waals surface area contributed by atoms with E-state index in [1.165, 1.54) is 19.2 Å². The van der Waals surface area contributed by atoms with Crippen molar-refractivity contribution in [3.05, 3.63) is 70.5 Å². The Morgan fingerprint density at radius 3 is 2.52 bits per heavy atom. The molecule has 5 nitrogen and oxygen atoms in total. The number of halogens is 2. The maximum Gasteiger partial charge on any atom is 0.309 e. The van der Waals surface area contributed by atoms with E-state index in [-0.39, 0.29) is 13.1 Å². The van der Waals surface area contributed by atoms with Gasteiger partial charge in [0.2, 0.25) is 0 Å². The normalized spacial score (nSPS) is 11.6. The second kappa shape index (κ2) is 9.15. The first-order valence-electron chi connectivity index (χ1n) is 7.59. The zero-order valence-corrected chi connectivity index (χ0v) is 14.3. The van der Waals surface area contributed by atoms with Gasteiger partial charge in [0.05, 0.1) is 6.10 Å². The fourth-order valence-electron chi connectivity index (χ4n) is 2.21. The molecule has 132 valence electrons. The van der Waals surface area contributed by atoms with Crippen LogP contribution in [0.2, 0.25) is 5.02 Å². The summed E-state index contributed by atoms with van der Waals surface area (Å²) in [7, 11) is 1.44.